The Morgan fingerprint density at radius 1 is 0.958 bits per heavy atom. The zero-order chi connectivity index (χ0) is 18.1. The number of nitrogens with one attached hydrogen (secondary N) is 1. The number of rotatable bonds is 4. The zero-order valence-corrected chi connectivity index (χ0v) is 12.2. The lowest BCUT2D eigenvalue weighted by atomic mass is 10.3. The lowest BCUT2D eigenvalue weighted by Crippen LogP contribution is -2.18. The van der Waals surface area contributed by atoms with Crippen LogP contribution >= 0.6 is 0 Å². The van der Waals surface area contributed by atoms with Crippen molar-refractivity contribution in [3.8, 4) is 5.75 Å². The normalized spacial score (nSPS) is 12.1. The maximum atomic E-state index is 13.5. The van der Waals surface area contributed by atoms with Crippen molar-refractivity contribution in [3.05, 3.63) is 53.8 Å². The van der Waals surface area contributed by atoms with Crippen molar-refractivity contribution in [1.29, 1.82) is 0 Å². The fraction of sp³-hybridized carbons (Fsp3) is 0.0769. The summed E-state index contributed by atoms with van der Waals surface area (Å²) in [5.74, 6) is -6.04. The minimum absolute atomic E-state index is 0.486. The van der Waals surface area contributed by atoms with Crippen LogP contribution in [0, 0.1) is 17.5 Å². The maximum absolute atomic E-state index is 13.5. The van der Waals surface area contributed by atoms with Crippen molar-refractivity contribution in [2.24, 2.45) is 0 Å². The summed E-state index contributed by atoms with van der Waals surface area (Å²) in [5, 5.41) is 0. The van der Waals surface area contributed by atoms with Crippen LogP contribution in [0.1, 0.15) is 0 Å². The predicted molar refractivity (Wildman–Crippen MR) is 70.2 cm³/mol. The van der Waals surface area contributed by atoms with E-state index in [0.29, 0.717) is 18.2 Å². The van der Waals surface area contributed by atoms with Crippen LogP contribution in [0.25, 0.3) is 0 Å². The van der Waals surface area contributed by atoms with Gasteiger partial charge >= 0.3 is 6.36 Å². The van der Waals surface area contributed by atoms with Gasteiger partial charge in [-0.3, -0.25) is 4.72 Å². The molecule has 24 heavy (non-hydrogen) atoms. The topological polar surface area (TPSA) is 55.4 Å². The summed E-state index contributed by atoms with van der Waals surface area (Å²) >= 11 is 0. The van der Waals surface area contributed by atoms with E-state index in [-0.39, 0.29) is 0 Å². The summed E-state index contributed by atoms with van der Waals surface area (Å²) in [4.78, 5) is -0.701. The monoisotopic (exact) mass is 371 g/mol. The third kappa shape index (κ3) is 4.10. The fourth-order valence-electron chi connectivity index (χ4n) is 1.65. The number of alkyl halides is 3. The molecule has 0 aliphatic carbocycles. The van der Waals surface area contributed by atoms with Gasteiger partial charge in [0.2, 0.25) is 0 Å². The Hall–Kier alpha value is -2.43. The maximum Gasteiger partial charge on any atom is 0.573 e. The fourth-order valence-corrected chi connectivity index (χ4v) is 2.74. The second kappa shape index (κ2) is 6.23. The van der Waals surface area contributed by atoms with E-state index in [9.17, 15) is 34.8 Å². The van der Waals surface area contributed by atoms with E-state index in [2.05, 4.69) is 4.74 Å². The van der Waals surface area contributed by atoms with Crippen LogP contribution in [0.3, 0.4) is 0 Å². The highest BCUT2D eigenvalue weighted by atomic mass is 32.2. The molecule has 2 rings (SSSR count). The third-order valence-electron chi connectivity index (χ3n) is 2.63. The number of ether oxygens (including phenoxy) is 1. The molecule has 0 aromatic heterocycles. The van der Waals surface area contributed by atoms with Crippen LogP contribution in [0.2, 0.25) is 0 Å². The predicted octanol–water partition coefficient (Wildman–Crippen LogP) is 3.80. The number of sulfonamides is 1. The first-order valence-corrected chi connectivity index (χ1v) is 7.50. The quantitative estimate of drug-likeness (QED) is 0.657. The molecule has 0 bridgehead atoms. The SMILES string of the molecule is O=S(=O)(Nc1ccc(F)c(F)c1F)c1cccc(OC(F)(F)F)c1. The number of benzene rings is 2. The molecule has 0 spiro atoms. The van der Waals surface area contributed by atoms with E-state index in [4.69, 9.17) is 0 Å². The molecule has 0 atom stereocenters. The Morgan fingerprint density at radius 2 is 1.62 bits per heavy atom. The first-order chi connectivity index (χ1) is 11.0. The van der Waals surface area contributed by atoms with E-state index in [1.165, 1.54) is 0 Å². The molecule has 2 aromatic carbocycles. The highest BCUT2D eigenvalue weighted by Gasteiger charge is 2.31. The smallest absolute Gasteiger partial charge is 0.406 e. The Bertz CT molecular complexity index is 866. The van der Waals surface area contributed by atoms with E-state index >= 15 is 0 Å². The lowest BCUT2D eigenvalue weighted by molar-refractivity contribution is -0.274. The molecule has 0 radical (unpaired) electrons. The van der Waals surface area contributed by atoms with Crippen molar-refractivity contribution < 1.29 is 39.5 Å². The average molecular weight is 371 g/mol. The molecule has 11 heteroatoms. The first-order valence-electron chi connectivity index (χ1n) is 6.02. The van der Waals surface area contributed by atoms with Gasteiger partial charge in [-0.2, -0.15) is 0 Å². The lowest BCUT2D eigenvalue weighted by Gasteiger charge is -2.12. The summed E-state index contributed by atoms with van der Waals surface area (Å²) in [6.07, 6.45) is -5.04. The van der Waals surface area contributed by atoms with Gasteiger partial charge in [-0.05, 0) is 24.3 Å². The van der Waals surface area contributed by atoms with Crippen LogP contribution in [-0.2, 0) is 10.0 Å². The summed E-state index contributed by atoms with van der Waals surface area (Å²) in [5.41, 5.74) is -0.906. The molecule has 0 heterocycles. The van der Waals surface area contributed by atoms with E-state index in [0.717, 1.165) is 18.2 Å². The van der Waals surface area contributed by atoms with Crippen molar-refractivity contribution in [2.75, 3.05) is 4.72 Å². The third-order valence-corrected chi connectivity index (χ3v) is 3.99. The minimum Gasteiger partial charge on any atom is -0.406 e. The molecule has 0 saturated carbocycles. The second-order valence-electron chi connectivity index (χ2n) is 4.35. The molecular formula is C13H7F6NO3S. The molecule has 130 valence electrons. The largest absolute Gasteiger partial charge is 0.573 e. The Kier molecular flexibility index (Phi) is 4.65. The Morgan fingerprint density at radius 3 is 2.25 bits per heavy atom. The van der Waals surface area contributed by atoms with Gasteiger partial charge in [-0.1, -0.05) is 6.07 Å². The highest BCUT2D eigenvalue weighted by Crippen LogP contribution is 2.27. The van der Waals surface area contributed by atoms with Crippen molar-refractivity contribution >= 4 is 15.7 Å². The molecular weight excluding hydrogens is 364 g/mol. The highest BCUT2D eigenvalue weighted by molar-refractivity contribution is 7.92. The molecule has 0 amide bonds. The summed E-state index contributed by atoms with van der Waals surface area (Å²) in [7, 11) is -4.57. The first kappa shape index (κ1) is 17.9. The zero-order valence-electron chi connectivity index (χ0n) is 11.4. The van der Waals surface area contributed by atoms with E-state index < -0.39 is 50.2 Å². The number of hydrogen-bond donors (Lipinski definition) is 1. The van der Waals surface area contributed by atoms with Gasteiger partial charge in [-0.25, -0.2) is 21.6 Å². The minimum atomic E-state index is -5.04. The second-order valence-corrected chi connectivity index (χ2v) is 6.03. The molecule has 0 aliphatic heterocycles. The van der Waals surface area contributed by atoms with Gasteiger partial charge in [0.25, 0.3) is 10.0 Å². The van der Waals surface area contributed by atoms with Gasteiger partial charge in [0.05, 0.1) is 10.6 Å². The van der Waals surface area contributed by atoms with Gasteiger partial charge in [0, 0.05) is 6.07 Å². The van der Waals surface area contributed by atoms with Gasteiger partial charge in [-0.15, -0.1) is 13.2 Å². The number of anilines is 1. The van der Waals surface area contributed by atoms with Crippen LogP contribution in [0.15, 0.2) is 41.3 Å². The molecule has 1 N–H and O–H groups in total. The van der Waals surface area contributed by atoms with Crippen LogP contribution in [0.4, 0.5) is 32.0 Å². The average Bonchev–Trinajstić information content (AvgIpc) is 2.46. The Balaban J connectivity index is 2.35. The number of hydrogen-bond acceptors (Lipinski definition) is 3. The molecule has 4 nitrogen and oxygen atoms in total. The van der Waals surface area contributed by atoms with Crippen LogP contribution in [-0.4, -0.2) is 14.8 Å². The molecule has 0 fully saturated rings. The summed E-state index contributed by atoms with van der Waals surface area (Å²) in [6, 6.07) is 4.36. The molecule has 2 aromatic rings. The van der Waals surface area contributed by atoms with E-state index in [1.807, 2.05) is 0 Å². The van der Waals surface area contributed by atoms with Crippen molar-refractivity contribution in [2.45, 2.75) is 11.3 Å². The van der Waals surface area contributed by atoms with Gasteiger partial charge in [0.1, 0.15) is 5.75 Å². The van der Waals surface area contributed by atoms with Gasteiger partial charge in [0.15, 0.2) is 17.5 Å². The van der Waals surface area contributed by atoms with Crippen LogP contribution < -0.4 is 9.46 Å². The molecule has 0 unspecified atom stereocenters. The standard InChI is InChI=1S/C13H7F6NO3S/c14-9-4-5-10(12(16)11(9)15)20-24(21,22)8-3-1-2-7(6-8)23-13(17,18)19/h1-6,20H. The Labute approximate surface area is 131 Å². The van der Waals surface area contributed by atoms with Crippen molar-refractivity contribution in [3.63, 3.8) is 0 Å². The van der Waals surface area contributed by atoms with Crippen LogP contribution in [0.5, 0.6) is 5.75 Å². The van der Waals surface area contributed by atoms with Gasteiger partial charge < -0.3 is 4.74 Å². The van der Waals surface area contributed by atoms with Crippen molar-refractivity contribution in [1.82, 2.24) is 0 Å². The van der Waals surface area contributed by atoms with E-state index in [1.54, 1.807) is 4.72 Å². The summed E-state index contributed by atoms with van der Waals surface area (Å²) < 4.78 is 105. The number of halogens is 6. The molecule has 0 aliphatic rings. The molecule has 0 saturated heterocycles. The summed E-state index contributed by atoms with van der Waals surface area (Å²) in [6.45, 7) is 0.